The van der Waals surface area contributed by atoms with Gasteiger partial charge in [0, 0.05) is 22.5 Å². The summed E-state index contributed by atoms with van der Waals surface area (Å²) in [5.74, 6) is -0.338. The molecule has 0 saturated heterocycles. The lowest BCUT2D eigenvalue weighted by molar-refractivity contribution is -0.116. The molecule has 1 aromatic carbocycles. The second kappa shape index (κ2) is 5.30. The monoisotopic (exact) mass is 353 g/mol. The van der Waals surface area contributed by atoms with Crippen molar-refractivity contribution >= 4 is 38.9 Å². The van der Waals surface area contributed by atoms with Crippen molar-refractivity contribution in [3.05, 3.63) is 51.0 Å². The first kappa shape index (κ1) is 13.8. The minimum Gasteiger partial charge on any atom is -0.326 e. The zero-order valence-corrected chi connectivity index (χ0v) is 13.3. The van der Waals surface area contributed by atoms with Gasteiger partial charge in [-0.25, -0.2) is 4.39 Å². The number of alkyl halides is 1. The second-order valence-electron chi connectivity index (χ2n) is 4.91. The summed E-state index contributed by atoms with van der Waals surface area (Å²) < 4.78 is 14.3. The Morgan fingerprint density at radius 2 is 2.20 bits per heavy atom. The van der Waals surface area contributed by atoms with Crippen LogP contribution < -0.4 is 5.32 Å². The standard InChI is InChI=1S/C15H13BrFNOS/c1-8-4-5-20-15(8)14(16)10-6-9-2-3-13(19)18-12(9)7-11(10)17/h4-7,14H,2-3H2,1H3,(H,18,19). The second-order valence-corrected chi connectivity index (χ2v) is 6.77. The number of hydrogen-bond acceptors (Lipinski definition) is 2. The van der Waals surface area contributed by atoms with Crippen molar-refractivity contribution in [1.29, 1.82) is 0 Å². The summed E-state index contributed by atoms with van der Waals surface area (Å²) in [5.41, 5.74) is 3.39. The highest BCUT2D eigenvalue weighted by Crippen LogP contribution is 2.39. The van der Waals surface area contributed by atoms with Crippen LogP contribution in [0.5, 0.6) is 0 Å². The van der Waals surface area contributed by atoms with Crippen LogP contribution in [-0.2, 0) is 11.2 Å². The van der Waals surface area contributed by atoms with Crippen molar-refractivity contribution < 1.29 is 9.18 Å². The molecule has 1 aromatic heterocycles. The Morgan fingerprint density at radius 1 is 1.40 bits per heavy atom. The van der Waals surface area contributed by atoms with Crippen LogP contribution in [0, 0.1) is 12.7 Å². The Hall–Kier alpha value is -1.20. The van der Waals surface area contributed by atoms with Crippen LogP contribution in [-0.4, -0.2) is 5.91 Å². The van der Waals surface area contributed by atoms with Crippen LogP contribution in [0.15, 0.2) is 23.6 Å². The highest BCUT2D eigenvalue weighted by Gasteiger charge is 2.22. The first-order valence-corrected chi connectivity index (χ1v) is 8.16. The van der Waals surface area contributed by atoms with Crippen molar-refractivity contribution in [2.45, 2.75) is 24.6 Å². The largest absolute Gasteiger partial charge is 0.326 e. The molecule has 1 aliphatic rings. The van der Waals surface area contributed by atoms with Crippen LogP contribution in [0.25, 0.3) is 0 Å². The fraction of sp³-hybridized carbons (Fsp3) is 0.267. The zero-order valence-electron chi connectivity index (χ0n) is 10.9. The molecule has 0 fully saturated rings. The Bertz CT molecular complexity index is 683. The molecule has 0 aliphatic carbocycles. The molecule has 0 spiro atoms. The Morgan fingerprint density at radius 3 is 2.90 bits per heavy atom. The molecule has 2 nitrogen and oxygen atoms in total. The summed E-state index contributed by atoms with van der Waals surface area (Å²) in [6.45, 7) is 2.02. The third kappa shape index (κ3) is 2.40. The van der Waals surface area contributed by atoms with Crippen LogP contribution in [0.4, 0.5) is 10.1 Å². The van der Waals surface area contributed by atoms with Crippen molar-refractivity contribution in [3.8, 4) is 0 Å². The van der Waals surface area contributed by atoms with Gasteiger partial charge < -0.3 is 5.32 Å². The molecular weight excluding hydrogens is 341 g/mol. The van der Waals surface area contributed by atoms with Crippen LogP contribution in [0.1, 0.15) is 32.8 Å². The zero-order chi connectivity index (χ0) is 14.3. The van der Waals surface area contributed by atoms with E-state index in [-0.39, 0.29) is 16.6 Å². The number of anilines is 1. The number of amides is 1. The van der Waals surface area contributed by atoms with Gasteiger partial charge >= 0.3 is 0 Å². The average molecular weight is 354 g/mol. The van der Waals surface area contributed by atoms with Gasteiger partial charge in [0.2, 0.25) is 5.91 Å². The molecule has 1 N–H and O–H groups in total. The van der Waals surface area contributed by atoms with Gasteiger partial charge in [0.1, 0.15) is 5.82 Å². The SMILES string of the molecule is Cc1ccsc1C(Br)c1cc2c(cc1F)NC(=O)CC2. The third-order valence-electron chi connectivity index (χ3n) is 3.52. The number of carbonyl (C=O) groups is 1. The topological polar surface area (TPSA) is 29.1 Å². The van der Waals surface area contributed by atoms with E-state index in [9.17, 15) is 9.18 Å². The molecule has 0 saturated carbocycles. The van der Waals surface area contributed by atoms with E-state index in [1.54, 1.807) is 11.3 Å². The molecule has 1 aliphatic heterocycles. The molecule has 0 radical (unpaired) electrons. The maximum atomic E-state index is 14.3. The molecule has 5 heteroatoms. The number of benzene rings is 1. The third-order valence-corrected chi connectivity index (χ3v) is 5.86. The quantitative estimate of drug-likeness (QED) is 0.787. The van der Waals surface area contributed by atoms with E-state index in [4.69, 9.17) is 0 Å². The number of hydrogen-bond donors (Lipinski definition) is 1. The van der Waals surface area contributed by atoms with Gasteiger partial charge in [-0.05, 0) is 48.1 Å². The molecule has 1 amide bonds. The van der Waals surface area contributed by atoms with Gasteiger partial charge in [0.05, 0.1) is 4.83 Å². The fourth-order valence-electron chi connectivity index (χ4n) is 2.40. The van der Waals surface area contributed by atoms with Gasteiger partial charge in [-0.2, -0.15) is 0 Å². The van der Waals surface area contributed by atoms with Gasteiger partial charge in [0.25, 0.3) is 0 Å². The summed E-state index contributed by atoms with van der Waals surface area (Å²) in [6, 6.07) is 5.33. The van der Waals surface area contributed by atoms with Crippen LogP contribution >= 0.6 is 27.3 Å². The molecule has 104 valence electrons. The van der Waals surface area contributed by atoms with E-state index in [2.05, 4.69) is 21.2 Å². The first-order chi connectivity index (χ1) is 9.56. The number of nitrogens with one attached hydrogen (secondary N) is 1. The maximum absolute atomic E-state index is 14.3. The van der Waals surface area contributed by atoms with E-state index >= 15 is 0 Å². The Balaban J connectivity index is 2.02. The molecule has 2 heterocycles. The van der Waals surface area contributed by atoms with E-state index in [1.807, 2.05) is 24.4 Å². The van der Waals surface area contributed by atoms with Crippen molar-refractivity contribution in [1.82, 2.24) is 0 Å². The number of fused-ring (bicyclic) bond motifs is 1. The average Bonchev–Trinajstić information content (AvgIpc) is 2.83. The van der Waals surface area contributed by atoms with E-state index in [1.165, 1.54) is 6.07 Å². The molecule has 3 rings (SSSR count). The molecule has 20 heavy (non-hydrogen) atoms. The summed E-state index contributed by atoms with van der Waals surface area (Å²) >= 11 is 5.21. The molecule has 1 atom stereocenters. The number of thiophene rings is 1. The smallest absolute Gasteiger partial charge is 0.224 e. The molecular formula is C15H13BrFNOS. The van der Waals surface area contributed by atoms with Gasteiger partial charge in [-0.1, -0.05) is 15.9 Å². The van der Waals surface area contributed by atoms with Crippen LogP contribution in [0.2, 0.25) is 0 Å². The van der Waals surface area contributed by atoms with Gasteiger partial charge in [-0.15, -0.1) is 11.3 Å². The predicted octanol–water partition coefficient (Wildman–Crippen LogP) is 4.56. The lowest BCUT2D eigenvalue weighted by Gasteiger charge is -2.20. The Kier molecular flexibility index (Phi) is 3.65. The molecule has 0 bridgehead atoms. The van der Waals surface area contributed by atoms with Gasteiger partial charge in [0.15, 0.2) is 0 Å². The van der Waals surface area contributed by atoms with Crippen molar-refractivity contribution in [2.24, 2.45) is 0 Å². The summed E-state index contributed by atoms with van der Waals surface area (Å²) in [6.07, 6.45) is 1.13. The van der Waals surface area contributed by atoms with Crippen molar-refractivity contribution in [3.63, 3.8) is 0 Å². The fourth-order valence-corrected chi connectivity index (χ4v) is 4.36. The van der Waals surface area contributed by atoms with Crippen molar-refractivity contribution in [2.75, 3.05) is 5.32 Å². The lowest BCUT2D eigenvalue weighted by Crippen LogP contribution is -2.19. The summed E-state index contributed by atoms with van der Waals surface area (Å²) in [7, 11) is 0. The molecule has 2 aromatic rings. The highest BCUT2D eigenvalue weighted by molar-refractivity contribution is 9.09. The van der Waals surface area contributed by atoms with E-state index in [0.29, 0.717) is 24.1 Å². The normalized spacial score (nSPS) is 15.7. The Labute approximate surface area is 129 Å². The number of aryl methyl sites for hydroxylation is 2. The van der Waals surface area contributed by atoms with E-state index in [0.717, 1.165) is 16.0 Å². The number of rotatable bonds is 2. The van der Waals surface area contributed by atoms with Crippen LogP contribution in [0.3, 0.4) is 0 Å². The van der Waals surface area contributed by atoms with E-state index < -0.39 is 0 Å². The first-order valence-electron chi connectivity index (χ1n) is 6.36. The maximum Gasteiger partial charge on any atom is 0.224 e. The number of halogens is 2. The number of carbonyl (C=O) groups excluding carboxylic acids is 1. The highest BCUT2D eigenvalue weighted by atomic mass is 79.9. The lowest BCUT2D eigenvalue weighted by atomic mass is 9.98. The molecule has 1 unspecified atom stereocenters. The minimum atomic E-state index is -0.291. The summed E-state index contributed by atoms with van der Waals surface area (Å²) in [5, 5.41) is 4.73. The predicted molar refractivity (Wildman–Crippen MR) is 83.2 cm³/mol. The van der Waals surface area contributed by atoms with Gasteiger partial charge in [-0.3, -0.25) is 4.79 Å². The minimum absolute atomic E-state index is 0.0471. The summed E-state index contributed by atoms with van der Waals surface area (Å²) in [4.78, 5) is 12.3.